The highest BCUT2D eigenvalue weighted by Gasteiger charge is 2.23. The van der Waals surface area contributed by atoms with E-state index in [1.54, 1.807) is 6.07 Å². The van der Waals surface area contributed by atoms with Crippen molar-refractivity contribution in [1.82, 2.24) is 9.88 Å². The van der Waals surface area contributed by atoms with E-state index in [1.165, 1.54) is 6.07 Å². The molecule has 2 N–H and O–H groups in total. The molecule has 26 heavy (non-hydrogen) atoms. The molecule has 1 aromatic heterocycles. The molecule has 3 aromatic rings. The summed E-state index contributed by atoms with van der Waals surface area (Å²) in [6.07, 6.45) is -0.536. The van der Waals surface area contributed by atoms with Gasteiger partial charge in [-0.2, -0.15) is 0 Å². The number of anilines is 1. The number of H-pyrrole nitrogens is 1. The molecule has 0 amide bonds. The zero-order valence-corrected chi connectivity index (χ0v) is 15.0. The van der Waals surface area contributed by atoms with E-state index in [0.29, 0.717) is 12.2 Å². The molecule has 0 saturated carbocycles. The lowest BCUT2D eigenvalue weighted by Crippen LogP contribution is -2.47. The van der Waals surface area contributed by atoms with Crippen LogP contribution in [0.1, 0.15) is 17.4 Å². The second kappa shape index (κ2) is 7.09. The summed E-state index contributed by atoms with van der Waals surface area (Å²) in [6, 6.07) is 15.0. The molecule has 2 heterocycles. The number of nitrogens with zero attached hydrogens (tertiary/aromatic N) is 2. The summed E-state index contributed by atoms with van der Waals surface area (Å²) in [5.74, 6) is -0.171. The number of nitrogens with one attached hydrogen (secondary N) is 1. The fourth-order valence-corrected chi connectivity index (χ4v) is 3.94. The predicted molar refractivity (Wildman–Crippen MR) is 103 cm³/mol. The van der Waals surface area contributed by atoms with Crippen molar-refractivity contribution >= 4 is 16.6 Å². The van der Waals surface area contributed by atoms with Crippen LogP contribution in [0.4, 0.5) is 10.1 Å². The molecule has 136 valence electrons. The number of fused-ring (bicyclic) bond motifs is 1. The lowest BCUT2D eigenvalue weighted by atomic mass is 10.0. The first-order valence-electron chi connectivity index (χ1n) is 9.10. The maximum Gasteiger partial charge on any atom is 0.146 e. The van der Waals surface area contributed by atoms with Gasteiger partial charge in [0.15, 0.2) is 0 Å². The second-order valence-corrected chi connectivity index (χ2v) is 6.96. The van der Waals surface area contributed by atoms with Gasteiger partial charge in [0, 0.05) is 54.9 Å². The number of para-hydroxylation sites is 2. The van der Waals surface area contributed by atoms with Gasteiger partial charge in [-0.05, 0) is 25.1 Å². The van der Waals surface area contributed by atoms with Gasteiger partial charge in [-0.15, -0.1) is 0 Å². The highest BCUT2D eigenvalue weighted by Crippen LogP contribution is 2.29. The SMILES string of the molecule is Cc1[nH]c2ccccc2c1C(O)CN1CCN(c2ccccc2F)CC1. The van der Waals surface area contributed by atoms with E-state index in [9.17, 15) is 9.50 Å². The van der Waals surface area contributed by atoms with Crippen LogP contribution in [0, 0.1) is 12.7 Å². The average Bonchev–Trinajstić information content (AvgIpc) is 2.99. The predicted octanol–water partition coefficient (Wildman–Crippen LogP) is 3.47. The Morgan fingerprint density at radius 2 is 1.73 bits per heavy atom. The van der Waals surface area contributed by atoms with Crippen LogP contribution in [0.25, 0.3) is 10.9 Å². The van der Waals surface area contributed by atoms with Gasteiger partial charge in [0.1, 0.15) is 5.82 Å². The topological polar surface area (TPSA) is 42.5 Å². The number of halogens is 1. The van der Waals surface area contributed by atoms with Crippen LogP contribution in [0.3, 0.4) is 0 Å². The summed E-state index contributed by atoms with van der Waals surface area (Å²) in [5, 5.41) is 11.9. The number of benzene rings is 2. The molecule has 2 aromatic carbocycles. The Morgan fingerprint density at radius 3 is 2.50 bits per heavy atom. The van der Waals surface area contributed by atoms with Gasteiger partial charge in [-0.3, -0.25) is 4.90 Å². The lowest BCUT2D eigenvalue weighted by Gasteiger charge is -2.37. The molecule has 4 rings (SSSR count). The first-order chi connectivity index (χ1) is 12.6. The third-order valence-corrected chi connectivity index (χ3v) is 5.27. The van der Waals surface area contributed by atoms with Gasteiger partial charge in [-0.1, -0.05) is 30.3 Å². The Labute approximate surface area is 152 Å². The van der Waals surface area contributed by atoms with Crippen LogP contribution in [0.5, 0.6) is 0 Å². The Morgan fingerprint density at radius 1 is 1.04 bits per heavy atom. The number of aryl methyl sites for hydroxylation is 1. The van der Waals surface area contributed by atoms with Gasteiger partial charge < -0.3 is 15.0 Å². The standard InChI is InChI=1S/C21H24FN3O/c1-15-21(16-6-2-4-8-18(16)23-15)20(26)14-24-10-12-25(13-11-24)19-9-5-3-7-17(19)22/h2-9,20,23,26H,10-14H2,1H3. The third kappa shape index (κ3) is 3.20. The number of aromatic amines is 1. The van der Waals surface area contributed by atoms with Gasteiger partial charge >= 0.3 is 0 Å². The smallest absolute Gasteiger partial charge is 0.146 e. The summed E-state index contributed by atoms with van der Waals surface area (Å²) in [7, 11) is 0. The van der Waals surface area contributed by atoms with E-state index in [0.717, 1.165) is 48.3 Å². The molecule has 0 bridgehead atoms. The molecule has 1 aliphatic rings. The van der Waals surface area contributed by atoms with Gasteiger partial charge in [-0.25, -0.2) is 4.39 Å². The fraction of sp³-hybridized carbons (Fsp3) is 0.333. The Kier molecular flexibility index (Phi) is 4.66. The van der Waals surface area contributed by atoms with Crippen molar-refractivity contribution in [1.29, 1.82) is 0 Å². The minimum Gasteiger partial charge on any atom is -0.387 e. The van der Waals surface area contributed by atoms with Crippen molar-refractivity contribution in [2.24, 2.45) is 0 Å². The molecule has 1 fully saturated rings. The molecule has 5 heteroatoms. The number of aliphatic hydroxyl groups is 1. The molecular formula is C21H24FN3O. The second-order valence-electron chi connectivity index (χ2n) is 6.96. The normalized spacial score (nSPS) is 17.0. The van der Waals surface area contributed by atoms with E-state index in [1.807, 2.05) is 43.3 Å². The number of β-amino-alcohol motifs (C(OH)–C–C–N with tert-alkyl or cyclic N) is 1. The molecule has 0 aliphatic carbocycles. The molecule has 1 unspecified atom stereocenters. The van der Waals surface area contributed by atoms with E-state index in [2.05, 4.69) is 14.8 Å². The number of rotatable bonds is 4. The monoisotopic (exact) mass is 353 g/mol. The lowest BCUT2D eigenvalue weighted by molar-refractivity contribution is 0.110. The summed E-state index contributed by atoms with van der Waals surface area (Å²) >= 11 is 0. The first kappa shape index (κ1) is 17.1. The van der Waals surface area contributed by atoms with E-state index in [-0.39, 0.29) is 5.82 Å². The van der Waals surface area contributed by atoms with Crippen molar-refractivity contribution < 1.29 is 9.50 Å². The quantitative estimate of drug-likeness (QED) is 0.755. The molecule has 1 atom stereocenters. The number of aliphatic hydroxyl groups excluding tert-OH is 1. The third-order valence-electron chi connectivity index (χ3n) is 5.27. The highest BCUT2D eigenvalue weighted by atomic mass is 19.1. The van der Waals surface area contributed by atoms with E-state index >= 15 is 0 Å². The van der Waals surface area contributed by atoms with Crippen LogP contribution in [-0.4, -0.2) is 47.7 Å². The Balaban J connectivity index is 1.43. The number of piperazine rings is 1. The number of hydrogen-bond donors (Lipinski definition) is 2. The van der Waals surface area contributed by atoms with Crippen molar-refractivity contribution in [3.05, 3.63) is 65.6 Å². The highest BCUT2D eigenvalue weighted by molar-refractivity contribution is 5.84. The largest absolute Gasteiger partial charge is 0.387 e. The maximum absolute atomic E-state index is 14.0. The molecule has 1 saturated heterocycles. The summed E-state index contributed by atoms with van der Waals surface area (Å²) < 4.78 is 14.0. The molecule has 0 spiro atoms. The molecule has 4 nitrogen and oxygen atoms in total. The summed E-state index contributed by atoms with van der Waals surface area (Å²) in [5.41, 5.74) is 3.73. The van der Waals surface area contributed by atoms with Gasteiger partial charge in [0.2, 0.25) is 0 Å². The average molecular weight is 353 g/mol. The van der Waals surface area contributed by atoms with Crippen LogP contribution < -0.4 is 4.90 Å². The van der Waals surface area contributed by atoms with Crippen LogP contribution >= 0.6 is 0 Å². The first-order valence-corrected chi connectivity index (χ1v) is 9.10. The maximum atomic E-state index is 14.0. The molecular weight excluding hydrogens is 329 g/mol. The van der Waals surface area contributed by atoms with Crippen LogP contribution in [-0.2, 0) is 0 Å². The van der Waals surface area contributed by atoms with Crippen molar-refractivity contribution in [2.75, 3.05) is 37.6 Å². The van der Waals surface area contributed by atoms with Gasteiger partial charge in [0.25, 0.3) is 0 Å². The summed E-state index contributed by atoms with van der Waals surface area (Å²) in [4.78, 5) is 7.68. The zero-order chi connectivity index (χ0) is 18.1. The van der Waals surface area contributed by atoms with Gasteiger partial charge in [0.05, 0.1) is 11.8 Å². The molecule has 1 aliphatic heterocycles. The number of hydrogen-bond acceptors (Lipinski definition) is 3. The summed E-state index contributed by atoms with van der Waals surface area (Å²) in [6.45, 7) is 5.75. The molecule has 0 radical (unpaired) electrons. The van der Waals surface area contributed by atoms with Crippen molar-refractivity contribution in [2.45, 2.75) is 13.0 Å². The minimum absolute atomic E-state index is 0.171. The number of aromatic nitrogens is 1. The van der Waals surface area contributed by atoms with Crippen molar-refractivity contribution in [3.63, 3.8) is 0 Å². The Hall–Kier alpha value is -2.37. The van der Waals surface area contributed by atoms with Crippen LogP contribution in [0.2, 0.25) is 0 Å². The van der Waals surface area contributed by atoms with E-state index < -0.39 is 6.10 Å². The zero-order valence-electron chi connectivity index (χ0n) is 15.0. The van der Waals surface area contributed by atoms with Crippen molar-refractivity contribution in [3.8, 4) is 0 Å². The Bertz CT molecular complexity index is 899. The van der Waals surface area contributed by atoms with Crippen LogP contribution in [0.15, 0.2) is 48.5 Å². The fourth-order valence-electron chi connectivity index (χ4n) is 3.94. The minimum atomic E-state index is -0.536. The van der Waals surface area contributed by atoms with E-state index in [4.69, 9.17) is 0 Å².